The van der Waals surface area contributed by atoms with Gasteiger partial charge in [-0.2, -0.15) is 0 Å². The minimum atomic E-state index is -0.239. The largest absolute Gasteiger partial charge is 0.496 e. The summed E-state index contributed by atoms with van der Waals surface area (Å²) in [5.41, 5.74) is 2.87. The quantitative estimate of drug-likeness (QED) is 0.667. The van der Waals surface area contributed by atoms with Crippen LogP contribution in [0, 0.1) is 6.92 Å². The van der Waals surface area contributed by atoms with E-state index in [0.29, 0.717) is 28.4 Å². The number of oxazole rings is 1. The van der Waals surface area contributed by atoms with Crippen LogP contribution in [0.5, 0.6) is 5.75 Å². The van der Waals surface area contributed by atoms with Crippen molar-refractivity contribution in [2.75, 3.05) is 12.4 Å². The van der Waals surface area contributed by atoms with Crippen LogP contribution in [0.25, 0.3) is 17.2 Å². The van der Waals surface area contributed by atoms with Gasteiger partial charge in [-0.05, 0) is 42.5 Å². The first-order chi connectivity index (χ1) is 11.5. The van der Waals surface area contributed by atoms with Crippen molar-refractivity contribution in [2.24, 2.45) is 0 Å². The lowest BCUT2D eigenvalue weighted by Gasteiger charge is -2.05. The number of aryl methyl sites for hydroxylation is 1. The number of anilines is 1. The number of benzene rings is 2. The molecule has 1 aromatic heterocycles. The van der Waals surface area contributed by atoms with Crippen molar-refractivity contribution in [3.63, 3.8) is 0 Å². The molecule has 1 N–H and O–H groups in total. The van der Waals surface area contributed by atoms with Crippen LogP contribution in [0.2, 0.25) is 0 Å². The summed E-state index contributed by atoms with van der Waals surface area (Å²) < 4.78 is 11.6. The molecule has 0 bridgehead atoms. The summed E-state index contributed by atoms with van der Waals surface area (Å²) >= 11 is 3.41. The first kappa shape index (κ1) is 16.3. The van der Waals surface area contributed by atoms with Crippen LogP contribution in [-0.2, 0) is 4.79 Å². The predicted molar refractivity (Wildman–Crippen MR) is 97.1 cm³/mol. The number of carbonyl (C=O) groups is 1. The Hall–Kier alpha value is -2.60. The molecule has 0 aliphatic heterocycles. The van der Waals surface area contributed by atoms with Crippen LogP contribution in [0.3, 0.4) is 0 Å². The molecule has 0 fully saturated rings. The molecule has 1 heterocycles. The summed E-state index contributed by atoms with van der Waals surface area (Å²) in [5.74, 6) is 1.05. The Morgan fingerprint density at radius 2 is 2.12 bits per heavy atom. The molecule has 0 aliphatic rings. The number of halogens is 1. The monoisotopic (exact) mass is 386 g/mol. The average molecular weight is 387 g/mol. The number of ether oxygens (including phenoxy) is 1. The lowest BCUT2D eigenvalue weighted by atomic mass is 10.2. The zero-order valence-electron chi connectivity index (χ0n) is 13.2. The number of amides is 1. The van der Waals surface area contributed by atoms with Gasteiger partial charge < -0.3 is 14.5 Å². The summed E-state index contributed by atoms with van der Waals surface area (Å²) in [6.45, 7) is 1.78. The fourth-order valence-corrected chi connectivity index (χ4v) is 2.68. The van der Waals surface area contributed by atoms with Crippen molar-refractivity contribution in [2.45, 2.75) is 6.92 Å². The molecule has 0 unspecified atom stereocenters. The molecular formula is C18H15BrN2O3. The van der Waals surface area contributed by atoms with Crippen LogP contribution in [0.1, 0.15) is 11.5 Å². The van der Waals surface area contributed by atoms with Crippen molar-refractivity contribution in [1.29, 1.82) is 0 Å². The molecule has 0 spiro atoms. The lowest BCUT2D eigenvalue weighted by molar-refractivity contribution is -0.111. The Morgan fingerprint density at radius 1 is 1.29 bits per heavy atom. The highest BCUT2D eigenvalue weighted by Crippen LogP contribution is 2.24. The number of rotatable bonds is 4. The Kier molecular flexibility index (Phi) is 4.66. The van der Waals surface area contributed by atoms with E-state index in [1.54, 1.807) is 38.3 Å². The van der Waals surface area contributed by atoms with Crippen LogP contribution < -0.4 is 10.1 Å². The molecule has 5 nitrogen and oxygen atoms in total. The lowest BCUT2D eigenvalue weighted by Crippen LogP contribution is -2.07. The summed E-state index contributed by atoms with van der Waals surface area (Å²) in [5, 5.41) is 2.81. The normalized spacial score (nSPS) is 11.1. The van der Waals surface area contributed by atoms with Crippen molar-refractivity contribution in [1.82, 2.24) is 4.98 Å². The van der Waals surface area contributed by atoms with E-state index in [1.807, 2.05) is 18.2 Å². The number of carbonyl (C=O) groups excluding carboxylic acids is 1. The first-order valence-electron chi connectivity index (χ1n) is 7.25. The molecular weight excluding hydrogens is 372 g/mol. The second kappa shape index (κ2) is 6.88. The highest BCUT2D eigenvalue weighted by Gasteiger charge is 2.05. The van der Waals surface area contributed by atoms with Gasteiger partial charge in [0.2, 0.25) is 5.91 Å². The molecule has 2 aromatic carbocycles. The maximum absolute atomic E-state index is 12.1. The molecule has 0 aliphatic carbocycles. The number of nitrogens with zero attached hydrogens (tertiary/aromatic N) is 1. The Labute approximate surface area is 147 Å². The number of hydrogen-bond donors (Lipinski definition) is 1. The van der Waals surface area contributed by atoms with Crippen molar-refractivity contribution >= 4 is 44.7 Å². The maximum Gasteiger partial charge on any atom is 0.248 e. The predicted octanol–water partition coefficient (Wildman–Crippen LogP) is 4.56. The number of aromatic nitrogens is 1. The van der Waals surface area contributed by atoms with E-state index < -0.39 is 0 Å². The second-order valence-electron chi connectivity index (χ2n) is 5.12. The summed E-state index contributed by atoms with van der Waals surface area (Å²) in [4.78, 5) is 16.4. The van der Waals surface area contributed by atoms with Gasteiger partial charge >= 0.3 is 0 Å². The highest BCUT2D eigenvalue weighted by molar-refractivity contribution is 9.10. The molecule has 3 aromatic rings. The van der Waals surface area contributed by atoms with Gasteiger partial charge in [0, 0.05) is 28.7 Å². The molecule has 0 saturated heterocycles. The Balaban J connectivity index is 1.75. The van der Waals surface area contributed by atoms with Gasteiger partial charge in [-0.25, -0.2) is 4.98 Å². The minimum Gasteiger partial charge on any atom is -0.496 e. The standard InChI is InChI=1S/C18H15BrN2O3/c1-11-20-15-10-14(5-7-17(15)24-11)21-18(22)8-3-12-9-13(19)4-6-16(12)23-2/h3-10H,1-2H3,(H,21,22). The molecule has 1 amide bonds. The van der Waals surface area contributed by atoms with E-state index in [0.717, 1.165) is 10.0 Å². The van der Waals surface area contributed by atoms with E-state index in [-0.39, 0.29) is 5.91 Å². The molecule has 6 heteroatoms. The topological polar surface area (TPSA) is 64.4 Å². The van der Waals surface area contributed by atoms with Crippen LogP contribution in [0.15, 0.2) is 51.4 Å². The Morgan fingerprint density at radius 3 is 2.92 bits per heavy atom. The van der Waals surface area contributed by atoms with Crippen molar-refractivity contribution < 1.29 is 13.9 Å². The van der Waals surface area contributed by atoms with E-state index in [2.05, 4.69) is 26.2 Å². The third-order valence-corrected chi connectivity index (χ3v) is 3.86. The number of fused-ring (bicyclic) bond motifs is 1. The highest BCUT2D eigenvalue weighted by atomic mass is 79.9. The van der Waals surface area contributed by atoms with Crippen LogP contribution in [-0.4, -0.2) is 18.0 Å². The SMILES string of the molecule is COc1ccc(Br)cc1C=CC(=O)Nc1ccc2oc(C)nc2c1. The van der Waals surface area contributed by atoms with Gasteiger partial charge in [-0.3, -0.25) is 4.79 Å². The maximum atomic E-state index is 12.1. The molecule has 0 atom stereocenters. The zero-order chi connectivity index (χ0) is 17.1. The van der Waals surface area contributed by atoms with Gasteiger partial charge in [0.25, 0.3) is 0 Å². The first-order valence-corrected chi connectivity index (χ1v) is 8.04. The molecule has 24 heavy (non-hydrogen) atoms. The fourth-order valence-electron chi connectivity index (χ4n) is 2.31. The van der Waals surface area contributed by atoms with Gasteiger partial charge in [-0.1, -0.05) is 15.9 Å². The third-order valence-electron chi connectivity index (χ3n) is 3.37. The smallest absolute Gasteiger partial charge is 0.248 e. The van der Waals surface area contributed by atoms with Gasteiger partial charge in [0.15, 0.2) is 11.5 Å². The zero-order valence-corrected chi connectivity index (χ0v) is 14.8. The third kappa shape index (κ3) is 3.65. The minimum absolute atomic E-state index is 0.239. The number of methoxy groups -OCH3 is 1. The summed E-state index contributed by atoms with van der Waals surface area (Å²) in [6, 6.07) is 10.9. The molecule has 0 saturated carbocycles. The van der Waals surface area contributed by atoms with Crippen LogP contribution in [0.4, 0.5) is 5.69 Å². The van der Waals surface area contributed by atoms with E-state index in [9.17, 15) is 4.79 Å². The molecule has 3 rings (SSSR count). The van der Waals surface area contributed by atoms with Crippen LogP contribution >= 0.6 is 15.9 Å². The van der Waals surface area contributed by atoms with Gasteiger partial charge in [-0.15, -0.1) is 0 Å². The number of hydrogen-bond acceptors (Lipinski definition) is 4. The van der Waals surface area contributed by atoms with E-state index >= 15 is 0 Å². The molecule has 0 radical (unpaired) electrons. The van der Waals surface area contributed by atoms with E-state index in [1.165, 1.54) is 6.08 Å². The second-order valence-corrected chi connectivity index (χ2v) is 6.04. The van der Waals surface area contributed by atoms with E-state index in [4.69, 9.17) is 9.15 Å². The van der Waals surface area contributed by atoms with Crippen molar-refractivity contribution in [3.8, 4) is 5.75 Å². The average Bonchev–Trinajstić information content (AvgIpc) is 2.92. The fraction of sp³-hybridized carbons (Fsp3) is 0.111. The summed E-state index contributed by atoms with van der Waals surface area (Å²) in [6.07, 6.45) is 3.17. The van der Waals surface area contributed by atoms with Crippen molar-refractivity contribution in [3.05, 3.63) is 58.4 Å². The van der Waals surface area contributed by atoms with Gasteiger partial charge in [0.05, 0.1) is 7.11 Å². The Bertz CT molecular complexity index is 931. The molecule has 122 valence electrons. The number of nitrogens with one attached hydrogen (secondary N) is 1. The summed E-state index contributed by atoms with van der Waals surface area (Å²) in [7, 11) is 1.59. The van der Waals surface area contributed by atoms with Gasteiger partial charge in [0.1, 0.15) is 11.3 Å².